The van der Waals surface area contributed by atoms with Gasteiger partial charge in [0, 0.05) is 32.9 Å². The molecular weight excluding hydrogens is 214 g/mol. The van der Waals surface area contributed by atoms with Crippen LogP contribution in [0.5, 0.6) is 0 Å². The van der Waals surface area contributed by atoms with Gasteiger partial charge in [0.1, 0.15) is 0 Å². The summed E-state index contributed by atoms with van der Waals surface area (Å²) in [4.78, 5) is 15.4. The highest BCUT2D eigenvalue weighted by molar-refractivity contribution is 5.80. The Morgan fingerprint density at radius 3 is 2.35 bits per heavy atom. The highest BCUT2D eigenvalue weighted by atomic mass is 16.2. The lowest BCUT2D eigenvalue weighted by Gasteiger charge is -2.24. The summed E-state index contributed by atoms with van der Waals surface area (Å²) in [5.74, 6) is -0.0218. The summed E-state index contributed by atoms with van der Waals surface area (Å²) >= 11 is 0. The first kappa shape index (κ1) is 13.5. The molecule has 0 spiro atoms. The number of para-hydroxylation sites is 1. The van der Waals surface area contributed by atoms with Gasteiger partial charge in [-0.3, -0.25) is 4.79 Å². The van der Waals surface area contributed by atoms with Crippen molar-refractivity contribution in [1.29, 1.82) is 0 Å². The number of nitrogens with two attached hydrogens (primary N) is 1. The number of rotatable bonds is 5. The molecule has 0 heterocycles. The van der Waals surface area contributed by atoms with Crippen molar-refractivity contribution in [2.24, 2.45) is 5.73 Å². The van der Waals surface area contributed by atoms with Gasteiger partial charge in [0.25, 0.3) is 0 Å². The molecule has 0 saturated carbocycles. The normalized spacial score (nSPS) is 12.0. The molecule has 1 rings (SSSR count). The molecular formula is C13H21N3O. The first-order valence-electron chi connectivity index (χ1n) is 5.79. The van der Waals surface area contributed by atoms with E-state index in [1.807, 2.05) is 37.4 Å². The van der Waals surface area contributed by atoms with Gasteiger partial charge in [-0.25, -0.2) is 0 Å². The van der Waals surface area contributed by atoms with E-state index in [1.54, 1.807) is 18.9 Å². The molecule has 4 nitrogen and oxygen atoms in total. The van der Waals surface area contributed by atoms with Crippen LogP contribution < -0.4 is 10.6 Å². The summed E-state index contributed by atoms with van der Waals surface area (Å²) in [5, 5.41) is 0. The number of carbonyl (C=O) groups is 1. The van der Waals surface area contributed by atoms with E-state index in [0.717, 1.165) is 12.2 Å². The second-order valence-corrected chi connectivity index (χ2v) is 4.31. The fourth-order valence-corrected chi connectivity index (χ4v) is 1.57. The molecule has 94 valence electrons. The Bertz CT molecular complexity index is 351. The maximum absolute atomic E-state index is 11.6. The Hall–Kier alpha value is -1.55. The monoisotopic (exact) mass is 235 g/mol. The minimum Gasteiger partial charge on any atom is -0.373 e. The van der Waals surface area contributed by atoms with Crippen molar-refractivity contribution in [3.05, 3.63) is 30.3 Å². The molecule has 1 atom stereocenters. The van der Waals surface area contributed by atoms with Crippen LogP contribution in [0.15, 0.2) is 30.3 Å². The molecule has 0 aliphatic carbocycles. The summed E-state index contributed by atoms with van der Waals surface area (Å²) < 4.78 is 0. The topological polar surface area (TPSA) is 49.6 Å². The zero-order valence-corrected chi connectivity index (χ0v) is 10.8. The predicted molar refractivity (Wildman–Crippen MR) is 71.0 cm³/mol. The summed E-state index contributed by atoms with van der Waals surface area (Å²) in [6, 6.07) is 9.66. The van der Waals surface area contributed by atoms with Crippen LogP contribution in [0.25, 0.3) is 0 Å². The average molecular weight is 235 g/mol. The number of carbonyl (C=O) groups excluding carboxylic acids is 1. The second kappa shape index (κ2) is 6.25. The quantitative estimate of drug-likeness (QED) is 0.826. The van der Waals surface area contributed by atoms with Gasteiger partial charge < -0.3 is 15.5 Å². The lowest BCUT2D eigenvalue weighted by molar-refractivity contribution is -0.130. The van der Waals surface area contributed by atoms with Crippen molar-refractivity contribution in [2.45, 2.75) is 13.0 Å². The molecule has 0 fully saturated rings. The van der Waals surface area contributed by atoms with E-state index < -0.39 is 6.04 Å². The molecule has 0 aliphatic rings. The van der Waals surface area contributed by atoms with Crippen LogP contribution in [0.3, 0.4) is 0 Å². The number of benzene rings is 1. The zero-order valence-electron chi connectivity index (χ0n) is 10.8. The SMILES string of the molecule is CC(N)C(=O)N(C)CCN(C)c1ccccc1. The summed E-state index contributed by atoms with van der Waals surface area (Å²) in [6.07, 6.45) is 0. The Morgan fingerprint density at radius 1 is 1.24 bits per heavy atom. The largest absolute Gasteiger partial charge is 0.373 e. The van der Waals surface area contributed by atoms with Crippen molar-refractivity contribution in [2.75, 3.05) is 32.1 Å². The van der Waals surface area contributed by atoms with Gasteiger partial charge >= 0.3 is 0 Å². The maximum atomic E-state index is 11.6. The summed E-state index contributed by atoms with van der Waals surface area (Å²) in [6.45, 7) is 3.17. The number of likely N-dealkylation sites (N-methyl/N-ethyl adjacent to an activating group) is 2. The first-order valence-corrected chi connectivity index (χ1v) is 5.79. The van der Waals surface area contributed by atoms with Crippen molar-refractivity contribution in [3.8, 4) is 0 Å². The number of amides is 1. The van der Waals surface area contributed by atoms with Gasteiger partial charge in [-0.1, -0.05) is 18.2 Å². The lowest BCUT2D eigenvalue weighted by Crippen LogP contribution is -2.42. The van der Waals surface area contributed by atoms with E-state index in [1.165, 1.54) is 0 Å². The van der Waals surface area contributed by atoms with Crippen LogP contribution in [-0.2, 0) is 4.79 Å². The molecule has 4 heteroatoms. The summed E-state index contributed by atoms with van der Waals surface area (Å²) in [5.41, 5.74) is 6.70. The minimum atomic E-state index is -0.429. The third-order valence-corrected chi connectivity index (χ3v) is 2.73. The third kappa shape index (κ3) is 4.07. The van der Waals surface area contributed by atoms with Crippen LogP contribution in [0, 0.1) is 0 Å². The molecule has 0 aromatic heterocycles. The molecule has 0 bridgehead atoms. The zero-order chi connectivity index (χ0) is 12.8. The van der Waals surface area contributed by atoms with E-state index in [0.29, 0.717) is 6.54 Å². The van der Waals surface area contributed by atoms with Crippen LogP contribution in [0.2, 0.25) is 0 Å². The van der Waals surface area contributed by atoms with Gasteiger partial charge in [-0.15, -0.1) is 0 Å². The molecule has 0 radical (unpaired) electrons. The predicted octanol–water partition coefficient (Wildman–Crippen LogP) is 0.928. The van der Waals surface area contributed by atoms with E-state index in [4.69, 9.17) is 5.73 Å². The van der Waals surface area contributed by atoms with Crippen LogP contribution >= 0.6 is 0 Å². The number of nitrogens with zero attached hydrogens (tertiary/aromatic N) is 2. The van der Waals surface area contributed by atoms with E-state index in [-0.39, 0.29) is 5.91 Å². The van der Waals surface area contributed by atoms with E-state index in [2.05, 4.69) is 4.90 Å². The van der Waals surface area contributed by atoms with Crippen molar-refractivity contribution < 1.29 is 4.79 Å². The maximum Gasteiger partial charge on any atom is 0.238 e. The van der Waals surface area contributed by atoms with Gasteiger partial charge in [-0.05, 0) is 19.1 Å². The van der Waals surface area contributed by atoms with Crippen LogP contribution in [0.4, 0.5) is 5.69 Å². The molecule has 17 heavy (non-hydrogen) atoms. The fraction of sp³-hybridized carbons (Fsp3) is 0.462. The molecule has 2 N–H and O–H groups in total. The molecule has 1 amide bonds. The lowest BCUT2D eigenvalue weighted by atomic mass is 10.3. The Labute approximate surface area is 103 Å². The average Bonchev–Trinajstić information content (AvgIpc) is 2.35. The fourth-order valence-electron chi connectivity index (χ4n) is 1.57. The van der Waals surface area contributed by atoms with Gasteiger partial charge in [0.05, 0.1) is 6.04 Å². The Kier molecular flexibility index (Phi) is 4.97. The Morgan fingerprint density at radius 2 is 1.82 bits per heavy atom. The van der Waals surface area contributed by atoms with Gasteiger partial charge in [0.2, 0.25) is 5.91 Å². The number of hydrogen-bond donors (Lipinski definition) is 1. The smallest absolute Gasteiger partial charge is 0.238 e. The van der Waals surface area contributed by atoms with Gasteiger partial charge in [-0.2, -0.15) is 0 Å². The summed E-state index contributed by atoms with van der Waals surface area (Å²) in [7, 11) is 3.80. The van der Waals surface area contributed by atoms with Gasteiger partial charge in [0.15, 0.2) is 0 Å². The molecule has 1 aromatic carbocycles. The molecule has 1 unspecified atom stereocenters. The Balaban J connectivity index is 2.44. The standard InChI is InChI=1S/C13H21N3O/c1-11(14)13(17)16(3)10-9-15(2)12-7-5-4-6-8-12/h4-8,11H,9-10,14H2,1-3H3. The van der Waals surface area contributed by atoms with Crippen LogP contribution in [-0.4, -0.2) is 44.0 Å². The molecule has 1 aromatic rings. The highest BCUT2D eigenvalue weighted by Crippen LogP contribution is 2.10. The van der Waals surface area contributed by atoms with Crippen molar-refractivity contribution in [1.82, 2.24) is 4.90 Å². The molecule has 0 aliphatic heterocycles. The number of anilines is 1. The second-order valence-electron chi connectivity index (χ2n) is 4.31. The van der Waals surface area contributed by atoms with Crippen molar-refractivity contribution >= 4 is 11.6 Å². The van der Waals surface area contributed by atoms with E-state index in [9.17, 15) is 4.79 Å². The van der Waals surface area contributed by atoms with Crippen LogP contribution in [0.1, 0.15) is 6.92 Å². The molecule has 0 saturated heterocycles. The minimum absolute atomic E-state index is 0.0218. The first-order chi connectivity index (χ1) is 8.02. The highest BCUT2D eigenvalue weighted by Gasteiger charge is 2.13. The third-order valence-electron chi connectivity index (χ3n) is 2.73. The van der Waals surface area contributed by atoms with Crippen molar-refractivity contribution in [3.63, 3.8) is 0 Å². The van der Waals surface area contributed by atoms with E-state index >= 15 is 0 Å². The number of hydrogen-bond acceptors (Lipinski definition) is 3.